The summed E-state index contributed by atoms with van der Waals surface area (Å²) in [5, 5.41) is 14.7. The smallest absolute Gasteiger partial charge is 0.407 e. The highest BCUT2D eigenvalue weighted by Crippen LogP contribution is 2.44. The fraction of sp³-hybridized carbons (Fsp3) is 0.444. The second kappa shape index (κ2) is 10.7. The summed E-state index contributed by atoms with van der Waals surface area (Å²) in [6.07, 6.45) is -0.262. The Morgan fingerprint density at radius 1 is 1.00 bits per heavy atom. The van der Waals surface area contributed by atoms with Crippen LogP contribution in [-0.2, 0) is 14.3 Å². The molecule has 0 spiro atoms. The largest absolute Gasteiger partial charge is 0.481 e. The van der Waals surface area contributed by atoms with Gasteiger partial charge in [0, 0.05) is 23.9 Å². The Morgan fingerprint density at radius 3 is 2.09 bits per heavy atom. The fourth-order valence-electron chi connectivity index (χ4n) is 4.25. The lowest BCUT2D eigenvalue weighted by molar-refractivity contribution is -0.138. The number of nitrogens with one attached hydrogen (secondary N) is 2. The van der Waals surface area contributed by atoms with Crippen LogP contribution in [0.25, 0.3) is 11.1 Å². The van der Waals surface area contributed by atoms with Crippen LogP contribution in [0.1, 0.15) is 57.6 Å². The van der Waals surface area contributed by atoms with Crippen LogP contribution < -0.4 is 10.6 Å². The molecule has 0 aliphatic heterocycles. The topological polar surface area (TPSA) is 105 Å². The number of alkyl carbamates (subject to hydrolysis) is 1. The molecule has 1 aliphatic rings. The van der Waals surface area contributed by atoms with Crippen molar-refractivity contribution >= 4 is 18.0 Å². The lowest BCUT2D eigenvalue weighted by Gasteiger charge is -2.28. The van der Waals surface area contributed by atoms with E-state index in [1.165, 1.54) is 11.1 Å². The van der Waals surface area contributed by atoms with Crippen molar-refractivity contribution in [2.75, 3.05) is 13.2 Å². The zero-order chi connectivity index (χ0) is 24.9. The maximum atomic E-state index is 12.7. The van der Waals surface area contributed by atoms with E-state index in [1.807, 2.05) is 38.1 Å². The van der Waals surface area contributed by atoms with Gasteiger partial charge in [0.1, 0.15) is 6.61 Å². The third kappa shape index (κ3) is 5.95. The van der Waals surface area contributed by atoms with Crippen LogP contribution in [0.4, 0.5) is 4.79 Å². The third-order valence-electron chi connectivity index (χ3n) is 6.49. The number of carboxylic acid groups (broad SMARTS) is 1. The van der Waals surface area contributed by atoms with E-state index in [4.69, 9.17) is 9.84 Å². The van der Waals surface area contributed by atoms with E-state index in [2.05, 4.69) is 34.9 Å². The lowest BCUT2D eigenvalue weighted by atomic mass is 9.87. The molecule has 0 saturated carbocycles. The van der Waals surface area contributed by atoms with E-state index in [0.29, 0.717) is 6.42 Å². The zero-order valence-electron chi connectivity index (χ0n) is 20.3. The Kier molecular flexibility index (Phi) is 7.97. The summed E-state index contributed by atoms with van der Waals surface area (Å²) in [4.78, 5) is 36.2. The summed E-state index contributed by atoms with van der Waals surface area (Å²) in [6, 6.07) is 15.9. The van der Waals surface area contributed by atoms with Crippen LogP contribution in [0.5, 0.6) is 0 Å². The zero-order valence-corrected chi connectivity index (χ0v) is 20.3. The molecule has 2 aromatic carbocycles. The minimum absolute atomic E-state index is 0.00481. The lowest BCUT2D eigenvalue weighted by Crippen LogP contribution is -2.47. The molecule has 2 amide bonds. The highest BCUT2D eigenvalue weighted by atomic mass is 16.5. The summed E-state index contributed by atoms with van der Waals surface area (Å²) < 4.78 is 5.54. The first kappa shape index (κ1) is 25.3. The molecule has 7 heteroatoms. The minimum Gasteiger partial charge on any atom is -0.481 e. The maximum absolute atomic E-state index is 12.7. The number of rotatable bonds is 10. The van der Waals surface area contributed by atoms with Crippen molar-refractivity contribution in [1.29, 1.82) is 0 Å². The van der Waals surface area contributed by atoms with Crippen molar-refractivity contribution in [3.05, 3.63) is 59.7 Å². The molecular weight excluding hydrogens is 432 g/mol. The predicted octanol–water partition coefficient (Wildman–Crippen LogP) is 4.56. The first-order valence-corrected chi connectivity index (χ1v) is 11.7. The highest BCUT2D eigenvalue weighted by Gasteiger charge is 2.31. The van der Waals surface area contributed by atoms with Gasteiger partial charge >= 0.3 is 12.1 Å². The molecule has 1 aliphatic carbocycles. The van der Waals surface area contributed by atoms with Gasteiger partial charge in [-0.2, -0.15) is 0 Å². The highest BCUT2D eigenvalue weighted by molar-refractivity contribution is 5.83. The molecule has 7 nitrogen and oxygen atoms in total. The van der Waals surface area contributed by atoms with Crippen LogP contribution in [0, 0.1) is 11.3 Å². The van der Waals surface area contributed by atoms with Gasteiger partial charge in [-0.1, -0.05) is 76.2 Å². The van der Waals surface area contributed by atoms with Gasteiger partial charge in [-0.15, -0.1) is 0 Å². The van der Waals surface area contributed by atoms with Crippen molar-refractivity contribution < 1.29 is 24.2 Å². The molecule has 0 fully saturated rings. The second-order valence-electron chi connectivity index (χ2n) is 9.81. The van der Waals surface area contributed by atoms with Crippen LogP contribution >= 0.6 is 0 Å². The summed E-state index contributed by atoms with van der Waals surface area (Å²) in [7, 11) is 0. The van der Waals surface area contributed by atoms with E-state index in [-0.39, 0.29) is 37.3 Å². The number of hydrogen-bond donors (Lipinski definition) is 3. The van der Waals surface area contributed by atoms with Crippen molar-refractivity contribution in [2.45, 2.75) is 52.5 Å². The van der Waals surface area contributed by atoms with Crippen molar-refractivity contribution in [3.8, 4) is 11.1 Å². The number of carbonyl (C=O) groups is 3. The molecule has 0 bridgehead atoms. The Morgan fingerprint density at radius 2 is 1.56 bits per heavy atom. The van der Waals surface area contributed by atoms with Crippen LogP contribution in [0.15, 0.2) is 48.5 Å². The van der Waals surface area contributed by atoms with E-state index < -0.39 is 23.5 Å². The molecule has 3 rings (SSSR count). The number of aliphatic carboxylic acids is 1. The van der Waals surface area contributed by atoms with Gasteiger partial charge in [0.25, 0.3) is 0 Å². The number of carbonyl (C=O) groups excluding carboxylic acids is 2. The first-order chi connectivity index (χ1) is 16.1. The van der Waals surface area contributed by atoms with Crippen LogP contribution in [0.2, 0.25) is 0 Å². The number of benzene rings is 2. The van der Waals surface area contributed by atoms with Gasteiger partial charge < -0.3 is 20.5 Å². The van der Waals surface area contributed by atoms with Crippen molar-refractivity contribution in [3.63, 3.8) is 0 Å². The van der Waals surface area contributed by atoms with Crippen LogP contribution in [0.3, 0.4) is 0 Å². The number of amides is 2. The molecule has 0 radical (unpaired) electrons. The van der Waals surface area contributed by atoms with Gasteiger partial charge in [0.2, 0.25) is 5.91 Å². The van der Waals surface area contributed by atoms with Gasteiger partial charge in [-0.25, -0.2) is 4.79 Å². The number of fused-ring (bicyclic) bond motifs is 3. The molecule has 3 N–H and O–H groups in total. The maximum Gasteiger partial charge on any atom is 0.407 e. The Balaban J connectivity index is 1.50. The van der Waals surface area contributed by atoms with Gasteiger partial charge in [-0.05, 0) is 34.6 Å². The van der Waals surface area contributed by atoms with Crippen molar-refractivity contribution in [1.82, 2.24) is 10.6 Å². The van der Waals surface area contributed by atoms with Gasteiger partial charge in [0.05, 0.1) is 6.42 Å². The average Bonchev–Trinajstić information content (AvgIpc) is 3.10. The number of hydrogen-bond acceptors (Lipinski definition) is 4. The molecule has 182 valence electrons. The molecule has 34 heavy (non-hydrogen) atoms. The molecule has 1 atom stereocenters. The standard InChI is InChI=1S/C27H34N2O5/c1-17(2)23(15-24(30)31)29-25(32)27(3,4)13-14-28-26(33)34-16-22-20-11-7-5-9-18(20)19-10-6-8-12-21(19)22/h5-12,17,22-23H,13-16H2,1-4H3,(H,28,33)(H,29,32)(H,30,31)/t23-/m0/s1. The quantitative estimate of drug-likeness (QED) is 0.476. The fourth-order valence-corrected chi connectivity index (χ4v) is 4.25. The number of ether oxygens (including phenoxy) is 1. The molecule has 0 unspecified atom stereocenters. The molecule has 0 aromatic heterocycles. The average molecular weight is 467 g/mol. The van der Waals surface area contributed by atoms with Crippen molar-refractivity contribution in [2.24, 2.45) is 11.3 Å². The second-order valence-corrected chi connectivity index (χ2v) is 9.81. The summed E-state index contributed by atoms with van der Waals surface area (Å²) in [5.41, 5.74) is 3.86. The molecule has 0 heterocycles. The SMILES string of the molecule is CC(C)[C@H](CC(=O)O)NC(=O)C(C)(C)CCNC(=O)OCC1c2ccccc2-c2ccccc21. The van der Waals surface area contributed by atoms with Gasteiger partial charge in [0.15, 0.2) is 0 Å². The first-order valence-electron chi connectivity index (χ1n) is 11.7. The Hall–Kier alpha value is -3.35. The monoisotopic (exact) mass is 466 g/mol. The molecule has 2 aromatic rings. The van der Waals surface area contributed by atoms with Crippen LogP contribution in [-0.4, -0.2) is 42.3 Å². The Labute approximate surface area is 200 Å². The Bertz CT molecular complexity index is 1000. The van der Waals surface area contributed by atoms with E-state index >= 15 is 0 Å². The molecule has 0 saturated heterocycles. The van der Waals surface area contributed by atoms with Gasteiger partial charge in [-0.3, -0.25) is 9.59 Å². The summed E-state index contributed by atoms with van der Waals surface area (Å²) in [6.45, 7) is 7.80. The normalized spacial score (nSPS) is 13.7. The summed E-state index contributed by atoms with van der Waals surface area (Å²) in [5.74, 6) is -1.20. The number of carboxylic acids is 1. The van der Waals surface area contributed by atoms with E-state index in [1.54, 1.807) is 13.8 Å². The predicted molar refractivity (Wildman–Crippen MR) is 130 cm³/mol. The van der Waals surface area contributed by atoms with E-state index in [0.717, 1.165) is 11.1 Å². The van der Waals surface area contributed by atoms with E-state index in [9.17, 15) is 14.4 Å². The minimum atomic E-state index is -0.950. The summed E-state index contributed by atoms with van der Waals surface area (Å²) >= 11 is 0. The third-order valence-corrected chi connectivity index (χ3v) is 6.49. The molecular formula is C27H34N2O5.